The molecule has 5 heteroatoms. The zero-order valence-corrected chi connectivity index (χ0v) is 8.76. The molecule has 82 valence electrons. The summed E-state index contributed by atoms with van der Waals surface area (Å²) in [7, 11) is 1.70. The number of piperidine rings is 1. The van der Waals surface area contributed by atoms with Gasteiger partial charge >= 0.3 is 0 Å². The third-order valence-corrected chi connectivity index (χ3v) is 2.69. The lowest BCUT2D eigenvalue weighted by atomic mass is 10.1. The Morgan fingerprint density at radius 2 is 2.40 bits per heavy atom. The molecule has 5 nitrogen and oxygen atoms in total. The molecule has 1 aliphatic rings. The van der Waals surface area contributed by atoms with Crippen molar-refractivity contribution in [3.63, 3.8) is 0 Å². The first-order valence-electron chi connectivity index (χ1n) is 5.13. The van der Waals surface area contributed by atoms with E-state index in [2.05, 4.69) is 4.98 Å². The lowest BCUT2D eigenvalue weighted by Gasteiger charge is -2.30. The van der Waals surface area contributed by atoms with Gasteiger partial charge in [-0.05, 0) is 12.8 Å². The van der Waals surface area contributed by atoms with E-state index in [0.717, 1.165) is 19.4 Å². The smallest absolute Gasteiger partial charge is 0.293 e. The molecular weight excluding hydrogens is 194 g/mol. The van der Waals surface area contributed by atoms with Gasteiger partial charge in [0.15, 0.2) is 5.82 Å². The average Bonchev–Trinajstić information content (AvgIpc) is 2.22. The van der Waals surface area contributed by atoms with Crippen molar-refractivity contribution in [1.29, 1.82) is 0 Å². The van der Waals surface area contributed by atoms with E-state index in [0.29, 0.717) is 12.4 Å². The molecule has 1 N–H and O–H groups in total. The number of aliphatic hydroxyl groups excluding tert-OH is 1. The van der Waals surface area contributed by atoms with E-state index in [1.165, 1.54) is 4.57 Å². The van der Waals surface area contributed by atoms with Crippen LogP contribution in [0.15, 0.2) is 17.2 Å². The van der Waals surface area contributed by atoms with Gasteiger partial charge in [0.2, 0.25) is 0 Å². The summed E-state index contributed by atoms with van der Waals surface area (Å²) in [6.07, 6.45) is 4.61. The van der Waals surface area contributed by atoms with Gasteiger partial charge < -0.3 is 14.6 Å². The molecule has 1 fully saturated rings. The number of rotatable bonds is 1. The number of anilines is 1. The van der Waals surface area contributed by atoms with Crippen LogP contribution in [0, 0.1) is 0 Å². The quantitative estimate of drug-likeness (QED) is 0.692. The molecule has 1 aromatic rings. The highest BCUT2D eigenvalue weighted by molar-refractivity contribution is 5.36. The van der Waals surface area contributed by atoms with Crippen molar-refractivity contribution in [3.05, 3.63) is 22.7 Å². The molecule has 15 heavy (non-hydrogen) atoms. The first kappa shape index (κ1) is 10.2. The molecule has 0 bridgehead atoms. The van der Waals surface area contributed by atoms with Crippen molar-refractivity contribution in [2.75, 3.05) is 18.0 Å². The third-order valence-electron chi connectivity index (χ3n) is 2.69. The number of aryl methyl sites for hydroxylation is 1. The van der Waals surface area contributed by atoms with Gasteiger partial charge in [0.05, 0.1) is 6.10 Å². The Labute approximate surface area is 88.0 Å². The maximum Gasteiger partial charge on any atom is 0.293 e. The highest BCUT2D eigenvalue weighted by atomic mass is 16.3. The van der Waals surface area contributed by atoms with Gasteiger partial charge in [-0.15, -0.1) is 0 Å². The predicted octanol–water partition coefficient (Wildman–Crippen LogP) is -0.259. The molecule has 0 radical (unpaired) electrons. The van der Waals surface area contributed by atoms with Crippen LogP contribution in [0.5, 0.6) is 0 Å². The minimum absolute atomic E-state index is 0.105. The second kappa shape index (κ2) is 4.02. The summed E-state index contributed by atoms with van der Waals surface area (Å²) in [5.41, 5.74) is -0.105. The third kappa shape index (κ3) is 2.02. The van der Waals surface area contributed by atoms with Crippen molar-refractivity contribution < 1.29 is 5.11 Å². The van der Waals surface area contributed by atoms with Crippen molar-refractivity contribution in [2.24, 2.45) is 7.05 Å². The predicted molar refractivity (Wildman–Crippen MR) is 56.9 cm³/mol. The lowest BCUT2D eigenvalue weighted by molar-refractivity contribution is 0.153. The molecule has 0 unspecified atom stereocenters. The fraction of sp³-hybridized carbons (Fsp3) is 0.600. The summed E-state index contributed by atoms with van der Waals surface area (Å²) < 4.78 is 1.50. The maximum atomic E-state index is 11.8. The Balaban J connectivity index is 2.29. The SMILES string of the molecule is Cn1ccnc(N2CCC[C@@H](O)C2)c1=O. The van der Waals surface area contributed by atoms with Crippen LogP contribution in [0.25, 0.3) is 0 Å². The average molecular weight is 209 g/mol. The molecule has 1 atom stereocenters. The Kier molecular flexibility index (Phi) is 2.73. The van der Waals surface area contributed by atoms with Crippen molar-refractivity contribution >= 4 is 5.82 Å². The zero-order chi connectivity index (χ0) is 10.8. The second-order valence-corrected chi connectivity index (χ2v) is 3.91. The fourth-order valence-electron chi connectivity index (χ4n) is 1.85. The highest BCUT2D eigenvalue weighted by Crippen LogP contribution is 2.13. The van der Waals surface area contributed by atoms with Crippen LogP contribution >= 0.6 is 0 Å². The summed E-state index contributed by atoms with van der Waals surface area (Å²) in [6, 6.07) is 0. The summed E-state index contributed by atoms with van der Waals surface area (Å²) >= 11 is 0. The van der Waals surface area contributed by atoms with E-state index in [1.54, 1.807) is 19.4 Å². The van der Waals surface area contributed by atoms with Gasteiger partial charge in [-0.1, -0.05) is 0 Å². The van der Waals surface area contributed by atoms with Gasteiger partial charge in [-0.3, -0.25) is 4.79 Å². The highest BCUT2D eigenvalue weighted by Gasteiger charge is 2.20. The van der Waals surface area contributed by atoms with E-state index in [1.807, 2.05) is 4.90 Å². The van der Waals surface area contributed by atoms with Crippen molar-refractivity contribution in [3.8, 4) is 0 Å². The fourth-order valence-corrected chi connectivity index (χ4v) is 1.85. The molecule has 0 amide bonds. The molecule has 0 spiro atoms. The standard InChI is InChI=1S/C10H15N3O2/c1-12-6-4-11-9(10(12)15)13-5-2-3-8(14)7-13/h4,6,8,14H,2-3,5,7H2,1H3/t8-/m1/s1. The molecule has 0 aromatic carbocycles. The van der Waals surface area contributed by atoms with Crippen molar-refractivity contribution in [1.82, 2.24) is 9.55 Å². The zero-order valence-electron chi connectivity index (χ0n) is 8.76. The lowest BCUT2D eigenvalue weighted by Crippen LogP contribution is -2.42. The van der Waals surface area contributed by atoms with Crippen LogP contribution in [0.2, 0.25) is 0 Å². The van der Waals surface area contributed by atoms with E-state index in [9.17, 15) is 9.90 Å². The molecule has 2 heterocycles. The summed E-state index contributed by atoms with van der Waals surface area (Å²) in [5, 5.41) is 9.52. The van der Waals surface area contributed by atoms with Gasteiger partial charge in [0.25, 0.3) is 5.56 Å². The Bertz CT molecular complexity index is 402. The number of aliphatic hydroxyl groups is 1. The number of nitrogens with zero attached hydrogens (tertiary/aromatic N) is 3. The first-order chi connectivity index (χ1) is 7.18. The van der Waals surface area contributed by atoms with E-state index < -0.39 is 0 Å². The number of hydrogen-bond donors (Lipinski definition) is 1. The van der Waals surface area contributed by atoms with Crippen LogP contribution in [-0.2, 0) is 7.05 Å². The Morgan fingerprint density at radius 1 is 1.60 bits per heavy atom. The van der Waals surface area contributed by atoms with Crippen LogP contribution in [0.3, 0.4) is 0 Å². The molecule has 2 rings (SSSR count). The summed E-state index contributed by atoms with van der Waals surface area (Å²) in [6.45, 7) is 1.30. The van der Waals surface area contributed by atoms with Crippen molar-refractivity contribution in [2.45, 2.75) is 18.9 Å². The molecule has 0 aliphatic carbocycles. The Hall–Kier alpha value is -1.36. The van der Waals surface area contributed by atoms with Crippen LogP contribution < -0.4 is 10.5 Å². The summed E-state index contributed by atoms with van der Waals surface area (Å²) in [4.78, 5) is 17.7. The number of β-amino-alcohol motifs (C(OH)–C–C–N with tert-alkyl or cyclic N) is 1. The Morgan fingerprint density at radius 3 is 3.13 bits per heavy atom. The van der Waals surface area contributed by atoms with Crippen LogP contribution in [0.4, 0.5) is 5.82 Å². The largest absolute Gasteiger partial charge is 0.391 e. The molecule has 1 aliphatic heterocycles. The minimum atomic E-state index is -0.342. The normalized spacial score (nSPS) is 21.7. The monoisotopic (exact) mass is 209 g/mol. The van der Waals surface area contributed by atoms with Gasteiger partial charge in [-0.25, -0.2) is 4.98 Å². The van der Waals surface area contributed by atoms with Gasteiger partial charge in [-0.2, -0.15) is 0 Å². The first-order valence-corrected chi connectivity index (χ1v) is 5.13. The molecule has 1 aromatic heterocycles. The maximum absolute atomic E-state index is 11.8. The minimum Gasteiger partial charge on any atom is -0.391 e. The number of aromatic nitrogens is 2. The number of hydrogen-bond acceptors (Lipinski definition) is 4. The topological polar surface area (TPSA) is 58.4 Å². The van der Waals surface area contributed by atoms with Gasteiger partial charge in [0.1, 0.15) is 0 Å². The van der Waals surface area contributed by atoms with Crippen LogP contribution in [-0.4, -0.2) is 33.9 Å². The van der Waals surface area contributed by atoms with Gasteiger partial charge in [0, 0.05) is 32.5 Å². The molecule has 0 saturated carbocycles. The van der Waals surface area contributed by atoms with E-state index in [-0.39, 0.29) is 11.7 Å². The molecular formula is C10H15N3O2. The van der Waals surface area contributed by atoms with E-state index >= 15 is 0 Å². The second-order valence-electron chi connectivity index (χ2n) is 3.91. The summed E-state index contributed by atoms with van der Waals surface area (Å²) in [5.74, 6) is 0.443. The molecule has 1 saturated heterocycles. The van der Waals surface area contributed by atoms with Crippen LogP contribution in [0.1, 0.15) is 12.8 Å². The van der Waals surface area contributed by atoms with E-state index in [4.69, 9.17) is 0 Å².